The molecule has 2 N–H and O–H groups in total. The highest BCUT2D eigenvalue weighted by molar-refractivity contribution is 5.76. The van der Waals surface area contributed by atoms with Crippen LogP contribution >= 0.6 is 0 Å². The predicted molar refractivity (Wildman–Crippen MR) is 69.8 cm³/mol. The Kier molecular flexibility index (Phi) is 5.30. The summed E-state index contributed by atoms with van der Waals surface area (Å²) in [5.41, 5.74) is 0. The Morgan fingerprint density at radius 3 is 2.47 bits per heavy atom. The van der Waals surface area contributed by atoms with Gasteiger partial charge >= 0.3 is 0 Å². The lowest BCUT2D eigenvalue weighted by atomic mass is 9.95. The Morgan fingerprint density at radius 2 is 1.76 bits per heavy atom. The number of hydrogen-bond donors (Lipinski definition) is 2. The largest absolute Gasteiger partial charge is 0.356 e. The topological polar surface area (TPSA) is 41.1 Å². The average Bonchev–Trinajstić information content (AvgIpc) is 2.83. The van der Waals surface area contributed by atoms with Crippen molar-refractivity contribution >= 4 is 5.91 Å². The Hall–Kier alpha value is -0.570. The van der Waals surface area contributed by atoms with E-state index in [1.165, 1.54) is 38.5 Å². The predicted octanol–water partition coefficient (Wildman–Crippen LogP) is 2.07. The van der Waals surface area contributed by atoms with Gasteiger partial charge in [-0.05, 0) is 57.0 Å². The molecule has 0 spiro atoms. The van der Waals surface area contributed by atoms with E-state index in [4.69, 9.17) is 0 Å². The molecule has 17 heavy (non-hydrogen) atoms. The molecule has 0 unspecified atom stereocenters. The highest BCUT2D eigenvalue weighted by Crippen LogP contribution is 2.27. The second kappa shape index (κ2) is 7.00. The molecular weight excluding hydrogens is 212 g/mol. The number of piperidine rings is 1. The lowest BCUT2D eigenvalue weighted by Crippen LogP contribution is -2.31. The molecule has 2 aliphatic rings. The van der Waals surface area contributed by atoms with E-state index >= 15 is 0 Å². The molecule has 1 saturated heterocycles. The first-order chi connectivity index (χ1) is 8.34. The molecule has 1 aliphatic carbocycles. The molecule has 2 rings (SSSR count). The summed E-state index contributed by atoms with van der Waals surface area (Å²) in [6.45, 7) is 3.19. The van der Waals surface area contributed by atoms with Gasteiger partial charge in [0, 0.05) is 13.0 Å². The van der Waals surface area contributed by atoms with Crippen molar-refractivity contribution in [3.05, 3.63) is 0 Å². The van der Waals surface area contributed by atoms with Gasteiger partial charge in [-0.1, -0.05) is 12.8 Å². The van der Waals surface area contributed by atoms with Crippen molar-refractivity contribution in [3.8, 4) is 0 Å². The molecule has 98 valence electrons. The summed E-state index contributed by atoms with van der Waals surface area (Å²) in [6, 6.07) is 0. The van der Waals surface area contributed by atoms with Crippen LogP contribution in [0.2, 0.25) is 0 Å². The number of carbonyl (C=O) groups excluding carboxylic acids is 1. The van der Waals surface area contributed by atoms with Gasteiger partial charge in [-0.25, -0.2) is 0 Å². The van der Waals surface area contributed by atoms with E-state index in [1.54, 1.807) is 0 Å². The summed E-state index contributed by atoms with van der Waals surface area (Å²) in [7, 11) is 0. The van der Waals surface area contributed by atoms with Crippen molar-refractivity contribution in [3.63, 3.8) is 0 Å². The molecule has 1 aliphatic heterocycles. The third kappa shape index (κ3) is 4.66. The normalized spacial score (nSPS) is 22.8. The van der Waals surface area contributed by atoms with E-state index in [2.05, 4.69) is 10.6 Å². The third-order valence-electron chi connectivity index (χ3n) is 4.28. The van der Waals surface area contributed by atoms with E-state index in [-0.39, 0.29) is 5.91 Å². The van der Waals surface area contributed by atoms with Crippen LogP contribution in [0.4, 0.5) is 0 Å². The molecule has 0 atom stereocenters. The summed E-state index contributed by atoms with van der Waals surface area (Å²) < 4.78 is 0. The van der Waals surface area contributed by atoms with Crippen LogP contribution in [0.5, 0.6) is 0 Å². The van der Waals surface area contributed by atoms with Crippen molar-refractivity contribution in [1.29, 1.82) is 0 Å². The minimum Gasteiger partial charge on any atom is -0.356 e. The van der Waals surface area contributed by atoms with Crippen LogP contribution < -0.4 is 10.6 Å². The van der Waals surface area contributed by atoms with Gasteiger partial charge in [0.1, 0.15) is 0 Å². The summed E-state index contributed by atoms with van der Waals surface area (Å²) in [4.78, 5) is 11.7. The molecule has 1 heterocycles. The quantitative estimate of drug-likeness (QED) is 0.770. The molecule has 3 nitrogen and oxygen atoms in total. The first-order valence-electron chi connectivity index (χ1n) is 7.32. The Morgan fingerprint density at radius 1 is 1.06 bits per heavy atom. The number of rotatable bonds is 5. The molecule has 2 fully saturated rings. The smallest absolute Gasteiger partial charge is 0.220 e. The van der Waals surface area contributed by atoms with Gasteiger partial charge in [0.05, 0.1) is 0 Å². The lowest BCUT2D eigenvalue weighted by molar-refractivity contribution is -0.122. The van der Waals surface area contributed by atoms with Gasteiger partial charge in [0.25, 0.3) is 0 Å². The zero-order valence-corrected chi connectivity index (χ0v) is 10.8. The van der Waals surface area contributed by atoms with Crippen LogP contribution in [0, 0.1) is 11.8 Å². The Labute approximate surface area is 105 Å². The maximum atomic E-state index is 11.7. The first-order valence-corrected chi connectivity index (χ1v) is 7.32. The fourth-order valence-electron chi connectivity index (χ4n) is 3.13. The van der Waals surface area contributed by atoms with E-state index in [9.17, 15) is 4.79 Å². The number of nitrogens with one attached hydrogen (secondary N) is 2. The van der Waals surface area contributed by atoms with E-state index in [0.29, 0.717) is 5.92 Å². The highest BCUT2D eigenvalue weighted by Gasteiger charge is 2.18. The van der Waals surface area contributed by atoms with Crippen LogP contribution in [0.15, 0.2) is 0 Å². The molecule has 0 bridgehead atoms. The van der Waals surface area contributed by atoms with Crippen LogP contribution in [-0.4, -0.2) is 25.5 Å². The van der Waals surface area contributed by atoms with Gasteiger partial charge in [-0.15, -0.1) is 0 Å². The van der Waals surface area contributed by atoms with E-state index in [1.807, 2.05) is 0 Å². The first kappa shape index (κ1) is 12.9. The highest BCUT2D eigenvalue weighted by atomic mass is 16.1. The van der Waals surface area contributed by atoms with E-state index < -0.39 is 0 Å². The van der Waals surface area contributed by atoms with Gasteiger partial charge in [-0.3, -0.25) is 4.79 Å². The van der Waals surface area contributed by atoms with Crippen molar-refractivity contribution in [2.24, 2.45) is 11.8 Å². The molecule has 1 amide bonds. The minimum absolute atomic E-state index is 0.283. The van der Waals surface area contributed by atoms with Crippen LogP contribution in [0.25, 0.3) is 0 Å². The second-order valence-corrected chi connectivity index (χ2v) is 5.69. The SMILES string of the molecule is O=C(CC1CCCC1)NCCC1CCNCC1. The Bertz CT molecular complexity index is 230. The van der Waals surface area contributed by atoms with Crippen molar-refractivity contribution in [1.82, 2.24) is 10.6 Å². The molecule has 1 saturated carbocycles. The standard InChI is InChI=1S/C14H26N2O/c17-14(11-13-3-1-2-4-13)16-10-7-12-5-8-15-9-6-12/h12-13,15H,1-11H2,(H,16,17). The van der Waals surface area contributed by atoms with E-state index in [0.717, 1.165) is 38.4 Å². The molecule has 0 aromatic heterocycles. The fraction of sp³-hybridized carbons (Fsp3) is 0.929. The van der Waals surface area contributed by atoms with Gasteiger partial charge < -0.3 is 10.6 Å². The zero-order valence-electron chi connectivity index (χ0n) is 10.8. The summed E-state index contributed by atoms with van der Waals surface area (Å²) in [5, 5.41) is 6.47. The van der Waals surface area contributed by atoms with Gasteiger partial charge in [0.15, 0.2) is 0 Å². The fourth-order valence-corrected chi connectivity index (χ4v) is 3.13. The van der Waals surface area contributed by atoms with Crippen LogP contribution in [0.1, 0.15) is 51.4 Å². The summed E-state index contributed by atoms with van der Waals surface area (Å²) in [5.74, 6) is 1.78. The third-order valence-corrected chi connectivity index (χ3v) is 4.28. The molecule has 0 radical (unpaired) electrons. The molecule has 3 heteroatoms. The zero-order chi connectivity index (χ0) is 11.9. The maximum absolute atomic E-state index is 11.7. The maximum Gasteiger partial charge on any atom is 0.220 e. The Balaban J connectivity index is 1.53. The lowest BCUT2D eigenvalue weighted by Gasteiger charge is -2.22. The van der Waals surface area contributed by atoms with Crippen LogP contribution in [0.3, 0.4) is 0 Å². The van der Waals surface area contributed by atoms with Gasteiger partial charge in [0.2, 0.25) is 5.91 Å². The van der Waals surface area contributed by atoms with Gasteiger partial charge in [-0.2, -0.15) is 0 Å². The van der Waals surface area contributed by atoms with Crippen molar-refractivity contribution < 1.29 is 4.79 Å². The summed E-state index contributed by atoms with van der Waals surface area (Å²) >= 11 is 0. The molecule has 0 aromatic carbocycles. The summed E-state index contributed by atoms with van der Waals surface area (Å²) in [6.07, 6.45) is 9.67. The van der Waals surface area contributed by atoms with Crippen molar-refractivity contribution in [2.45, 2.75) is 51.4 Å². The second-order valence-electron chi connectivity index (χ2n) is 5.69. The van der Waals surface area contributed by atoms with Crippen LogP contribution in [-0.2, 0) is 4.79 Å². The molecular formula is C14H26N2O. The number of carbonyl (C=O) groups is 1. The molecule has 0 aromatic rings. The average molecular weight is 238 g/mol. The number of hydrogen-bond acceptors (Lipinski definition) is 2. The number of amides is 1. The monoisotopic (exact) mass is 238 g/mol. The van der Waals surface area contributed by atoms with Crippen molar-refractivity contribution in [2.75, 3.05) is 19.6 Å². The minimum atomic E-state index is 0.283.